The fourth-order valence-corrected chi connectivity index (χ4v) is 1.74. The van der Waals surface area contributed by atoms with Crippen molar-refractivity contribution in [3.63, 3.8) is 0 Å². The van der Waals surface area contributed by atoms with Crippen LogP contribution in [0.5, 0.6) is 5.75 Å². The lowest BCUT2D eigenvalue weighted by Gasteiger charge is -2.23. The highest BCUT2D eigenvalue weighted by Gasteiger charge is 2.19. The highest BCUT2D eigenvalue weighted by atomic mass is 79.9. The monoisotopic (exact) mass is 305 g/mol. The maximum absolute atomic E-state index is 12.0. The Labute approximate surface area is 108 Å². The summed E-state index contributed by atoms with van der Waals surface area (Å²) in [6.45, 7) is 1.85. The topological polar surface area (TPSA) is 40.5 Å². The Hall–Kier alpha value is -0.740. The molecule has 1 N–H and O–H groups in total. The van der Waals surface area contributed by atoms with Crippen LogP contribution in [0, 0.1) is 0 Å². The summed E-state index contributed by atoms with van der Waals surface area (Å²) in [4.78, 5) is 13.5. The molecule has 0 aliphatic rings. The van der Waals surface area contributed by atoms with E-state index in [1.807, 2.05) is 6.92 Å². The molecule has 0 aliphatic heterocycles. The summed E-state index contributed by atoms with van der Waals surface area (Å²) in [5.41, 5.74) is 0.280. The minimum absolute atomic E-state index is 0.0343. The second-order valence-electron chi connectivity index (χ2n) is 3.58. The van der Waals surface area contributed by atoms with Crippen molar-refractivity contribution in [3.05, 3.63) is 28.2 Å². The molecular weight excluding hydrogens is 293 g/mol. The van der Waals surface area contributed by atoms with Crippen LogP contribution in [-0.4, -0.2) is 34.9 Å². The first kappa shape index (κ1) is 13.3. The molecule has 1 amide bonds. The van der Waals surface area contributed by atoms with Crippen LogP contribution < -0.4 is 0 Å². The Kier molecular flexibility index (Phi) is 4.62. The summed E-state index contributed by atoms with van der Waals surface area (Å²) < 4.78 is 0.731. The smallest absolute Gasteiger partial charge is 0.257 e. The molecule has 0 heterocycles. The summed E-state index contributed by atoms with van der Waals surface area (Å²) in [5.74, 6) is 0.0886. The number of hydrogen-bond acceptors (Lipinski definition) is 2. The summed E-state index contributed by atoms with van der Waals surface area (Å²) >= 11 is 8.90. The van der Waals surface area contributed by atoms with Crippen molar-refractivity contribution >= 4 is 33.4 Å². The molecule has 1 atom stereocenters. The van der Waals surface area contributed by atoms with Gasteiger partial charge in [-0.3, -0.25) is 4.79 Å². The van der Waals surface area contributed by atoms with E-state index in [1.54, 1.807) is 19.2 Å². The molecule has 88 valence electrons. The number of alkyl halides is 1. The maximum Gasteiger partial charge on any atom is 0.257 e. The van der Waals surface area contributed by atoms with Crippen molar-refractivity contribution < 1.29 is 9.90 Å². The van der Waals surface area contributed by atoms with E-state index >= 15 is 0 Å². The number of nitrogens with zero attached hydrogens (tertiary/aromatic N) is 1. The number of phenolic OH excluding ortho intramolecular Hbond substituents is 1. The fraction of sp³-hybridized carbons (Fsp3) is 0.364. The van der Waals surface area contributed by atoms with E-state index in [9.17, 15) is 9.90 Å². The van der Waals surface area contributed by atoms with Gasteiger partial charge in [-0.2, -0.15) is 0 Å². The van der Waals surface area contributed by atoms with Gasteiger partial charge in [-0.1, -0.05) is 15.9 Å². The molecule has 16 heavy (non-hydrogen) atoms. The van der Waals surface area contributed by atoms with Gasteiger partial charge in [0.05, 0.1) is 5.56 Å². The van der Waals surface area contributed by atoms with Crippen molar-refractivity contribution in [1.29, 1.82) is 0 Å². The third-order valence-electron chi connectivity index (χ3n) is 2.40. The molecule has 5 heteroatoms. The zero-order valence-electron chi connectivity index (χ0n) is 9.08. The summed E-state index contributed by atoms with van der Waals surface area (Å²) in [6.07, 6.45) is 0. The average molecular weight is 307 g/mol. The second kappa shape index (κ2) is 5.55. The van der Waals surface area contributed by atoms with Crippen LogP contribution in [0.2, 0.25) is 0 Å². The fourth-order valence-electron chi connectivity index (χ4n) is 1.18. The van der Waals surface area contributed by atoms with Gasteiger partial charge >= 0.3 is 0 Å². The Morgan fingerprint density at radius 1 is 1.62 bits per heavy atom. The molecule has 0 aromatic heterocycles. The van der Waals surface area contributed by atoms with Gasteiger partial charge in [-0.25, -0.2) is 0 Å². The molecule has 0 aliphatic carbocycles. The van der Waals surface area contributed by atoms with Crippen LogP contribution in [0.4, 0.5) is 0 Å². The van der Waals surface area contributed by atoms with E-state index in [4.69, 9.17) is 11.6 Å². The van der Waals surface area contributed by atoms with Gasteiger partial charge in [-0.15, -0.1) is 11.6 Å². The van der Waals surface area contributed by atoms with Gasteiger partial charge in [-0.05, 0) is 25.1 Å². The number of halogens is 2. The first-order chi connectivity index (χ1) is 7.47. The highest BCUT2D eigenvalue weighted by Crippen LogP contribution is 2.23. The molecule has 1 rings (SSSR count). The first-order valence-electron chi connectivity index (χ1n) is 4.79. The van der Waals surface area contributed by atoms with Gasteiger partial charge in [0, 0.05) is 23.4 Å². The van der Waals surface area contributed by atoms with Crippen molar-refractivity contribution in [1.82, 2.24) is 4.90 Å². The Morgan fingerprint density at radius 3 is 2.75 bits per heavy atom. The lowest BCUT2D eigenvalue weighted by atomic mass is 10.1. The Morgan fingerprint density at radius 2 is 2.25 bits per heavy atom. The van der Waals surface area contributed by atoms with Crippen molar-refractivity contribution in [2.45, 2.75) is 13.0 Å². The number of rotatable bonds is 3. The Bertz CT molecular complexity index is 398. The van der Waals surface area contributed by atoms with Gasteiger partial charge in [0.25, 0.3) is 5.91 Å². The number of amides is 1. The number of benzene rings is 1. The van der Waals surface area contributed by atoms with E-state index in [-0.39, 0.29) is 23.3 Å². The van der Waals surface area contributed by atoms with E-state index in [0.717, 1.165) is 4.47 Å². The van der Waals surface area contributed by atoms with Gasteiger partial charge < -0.3 is 10.0 Å². The number of hydrogen-bond donors (Lipinski definition) is 1. The van der Waals surface area contributed by atoms with Crippen LogP contribution in [0.1, 0.15) is 17.3 Å². The molecule has 1 aromatic carbocycles. The van der Waals surface area contributed by atoms with Crippen molar-refractivity contribution in [3.8, 4) is 5.75 Å². The zero-order chi connectivity index (χ0) is 12.3. The standard InChI is InChI=1S/C11H13BrClNO2/c1-7(6-13)14(2)11(16)9-4-3-8(12)5-10(9)15/h3-5,7,15H,6H2,1-2H3. The van der Waals surface area contributed by atoms with Crippen molar-refractivity contribution in [2.24, 2.45) is 0 Å². The van der Waals surface area contributed by atoms with Crippen LogP contribution in [0.15, 0.2) is 22.7 Å². The number of carbonyl (C=O) groups excluding carboxylic acids is 1. The highest BCUT2D eigenvalue weighted by molar-refractivity contribution is 9.10. The number of carbonyl (C=O) groups is 1. The third kappa shape index (κ3) is 2.89. The van der Waals surface area contributed by atoms with E-state index < -0.39 is 0 Å². The van der Waals surface area contributed by atoms with Gasteiger partial charge in [0.2, 0.25) is 0 Å². The normalized spacial score (nSPS) is 12.2. The van der Waals surface area contributed by atoms with Gasteiger partial charge in [0.15, 0.2) is 0 Å². The quantitative estimate of drug-likeness (QED) is 0.872. The largest absolute Gasteiger partial charge is 0.507 e. The molecular formula is C11H13BrClNO2. The lowest BCUT2D eigenvalue weighted by molar-refractivity contribution is 0.0753. The molecule has 1 unspecified atom stereocenters. The van der Waals surface area contributed by atoms with Crippen LogP contribution in [0.25, 0.3) is 0 Å². The third-order valence-corrected chi connectivity index (χ3v) is 3.33. The Balaban J connectivity index is 2.96. The predicted molar refractivity (Wildman–Crippen MR) is 68.1 cm³/mol. The molecule has 0 fully saturated rings. The summed E-state index contributed by atoms with van der Waals surface area (Å²) in [5, 5.41) is 9.65. The minimum Gasteiger partial charge on any atom is -0.507 e. The maximum atomic E-state index is 12.0. The van der Waals surface area contributed by atoms with E-state index in [1.165, 1.54) is 11.0 Å². The SMILES string of the molecule is CC(CCl)N(C)C(=O)c1ccc(Br)cc1O. The molecule has 0 saturated carbocycles. The van der Waals surface area contributed by atoms with Crippen LogP contribution in [-0.2, 0) is 0 Å². The van der Waals surface area contributed by atoms with Crippen LogP contribution >= 0.6 is 27.5 Å². The minimum atomic E-state index is -0.238. The number of phenols is 1. The summed E-state index contributed by atoms with van der Waals surface area (Å²) in [7, 11) is 1.66. The molecule has 1 aromatic rings. The lowest BCUT2D eigenvalue weighted by Crippen LogP contribution is -2.36. The molecule has 0 bridgehead atoms. The first-order valence-corrected chi connectivity index (χ1v) is 6.11. The van der Waals surface area contributed by atoms with E-state index in [2.05, 4.69) is 15.9 Å². The van der Waals surface area contributed by atoms with E-state index in [0.29, 0.717) is 5.88 Å². The molecule has 0 saturated heterocycles. The second-order valence-corrected chi connectivity index (χ2v) is 4.81. The molecule has 3 nitrogen and oxygen atoms in total. The molecule has 0 spiro atoms. The van der Waals surface area contributed by atoms with Crippen LogP contribution in [0.3, 0.4) is 0 Å². The predicted octanol–water partition coefficient (Wildman–Crippen LogP) is 2.85. The zero-order valence-corrected chi connectivity index (χ0v) is 11.4. The van der Waals surface area contributed by atoms with Crippen molar-refractivity contribution in [2.75, 3.05) is 12.9 Å². The molecule has 0 radical (unpaired) electrons. The number of aromatic hydroxyl groups is 1. The van der Waals surface area contributed by atoms with Gasteiger partial charge in [0.1, 0.15) is 5.75 Å². The summed E-state index contributed by atoms with van der Waals surface area (Å²) in [6, 6.07) is 4.72. The average Bonchev–Trinajstić information content (AvgIpc) is 2.26.